The van der Waals surface area contributed by atoms with Gasteiger partial charge in [0, 0.05) is 11.6 Å². The molecule has 0 N–H and O–H groups in total. The largest absolute Gasteiger partial charge is 0.413 e. The van der Waals surface area contributed by atoms with Crippen molar-refractivity contribution in [1.29, 1.82) is 0 Å². The number of nitro groups is 1. The number of unbranched alkanes of at least 4 members (excludes halogenated alkanes) is 7. The van der Waals surface area contributed by atoms with Gasteiger partial charge in [0.05, 0.1) is 21.9 Å². The maximum absolute atomic E-state index is 11.5. The summed E-state index contributed by atoms with van der Waals surface area (Å²) in [5.41, 5.74) is 2.05. The molecule has 4 nitrogen and oxygen atoms in total. The molecular formula is C23H31NO3S. The fourth-order valence-electron chi connectivity index (χ4n) is 3.19. The van der Waals surface area contributed by atoms with Gasteiger partial charge in [-0.1, -0.05) is 82.2 Å². The first-order valence-corrected chi connectivity index (χ1v) is 11.0. The van der Waals surface area contributed by atoms with Gasteiger partial charge in [-0.15, -0.1) is 0 Å². The summed E-state index contributed by atoms with van der Waals surface area (Å²) in [6.07, 6.45) is 10.7. The van der Waals surface area contributed by atoms with Crippen molar-refractivity contribution in [2.45, 2.75) is 76.5 Å². The van der Waals surface area contributed by atoms with E-state index < -0.39 is 0 Å². The van der Waals surface area contributed by atoms with Crippen LogP contribution >= 0.6 is 12.0 Å². The molecule has 0 aliphatic carbocycles. The molecule has 28 heavy (non-hydrogen) atoms. The van der Waals surface area contributed by atoms with Crippen molar-refractivity contribution in [3.8, 4) is 5.75 Å². The lowest BCUT2D eigenvalue weighted by atomic mass is 10.0. The number of benzene rings is 2. The molecule has 0 saturated carbocycles. The monoisotopic (exact) mass is 401 g/mol. The Labute approximate surface area is 173 Å². The topological polar surface area (TPSA) is 52.4 Å². The van der Waals surface area contributed by atoms with Crippen LogP contribution in [0.4, 0.5) is 5.69 Å². The first-order chi connectivity index (χ1) is 13.6. The van der Waals surface area contributed by atoms with E-state index in [9.17, 15) is 10.1 Å². The summed E-state index contributed by atoms with van der Waals surface area (Å²) in [5.74, 6) is 0.392. The van der Waals surface area contributed by atoms with Gasteiger partial charge in [0.25, 0.3) is 0 Å². The quantitative estimate of drug-likeness (QED) is 0.149. The Morgan fingerprint density at radius 1 is 0.929 bits per heavy atom. The molecule has 0 heterocycles. The molecule has 0 amide bonds. The Bertz CT molecular complexity index is 748. The van der Waals surface area contributed by atoms with Crippen LogP contribution in [0, 0.1) is 17.0 Å². The van der Waals surface area contributed by atoms with Crippen molar-refractivity contribution < 1.29 is 9.11 Å². The van der Waals surface area contributed by atoms with E-state index in [1.54, 1.807) is 6.07 Å². The number of hydrogen-bond donors (Lipinski definition) is 0. The van der Waals surface area contributed by atoms with Crippen LogP contribution in [0.15, 0.2) is 47.4 Å². The highest BCUT2D eigenvalue weighted by atomic mass is 32.2. The SMILES string of the molecule is CCCCCCCCCCc1cccc([N+](=O)[O-])c1OSc1ccccc1C. The zero-order chi connectivity index (χ0) is 20.2. The zero-order valence-corrected chi connectivity index (χ0v) is 17.8. The molecule has 152 valence electrons. The second-order valence-corrected chi connectivity index (χ2v) is 7.95. The van der Waals surface area contributed by atoms with Crippen molar-refractivity contribution in [2.24, 2.45) is 0 Å². The minimum absolute atomic E-state index is 0.0400. The van der Waals surface area contributed by atoms with Gasteiger partial charge in [0.1, 0.15) is 0 Å². The fourth-order valence-corrected chi connectivity index (χ4v) is 3.89. The van der Waals surface area contributed by atoms with Crippen LogP contribution in [0.5, 0.6) is 5.75 Å². The maximum Gasteiger partial charge on any atom is 0.312 e. The Morgan fingerprint density at radius 3 is 2.29 bits per heavy atom. The second kappa shape index (κ2) is 12.4. The van der Waals surface area contributed by atoms with E-state index >= 15 is 0 Å². The lowest BCUT2D eigenvalue weighted by Crippen LogP contribution is -1.98. The molecule has 0 aliphatic rings. The van der Waals surface area contributed by atoms with Gasteiger partial charge >= 0.3 is 5.69 Å². The second-order valence-electron chi connectivity index (χ2n) is 7.18. The summed E-state index contributed by atoms with van der Waals surface area (Å²) >= 11 is 1.20. The molecule has 0 aliphatic heterocycles. The molecule has 2 aromatic rings. The highest BCUT2D eigenvalue weighted by molar-refractivity contribution is 7.95. The van der Waals surface area contributed by atoms with Gasteiger partial charge in [-0.25, -0.2) is 0 Å². The Morgan fingerprint density at radius 2 is 1.61 bits per heavy atom. The summed E-state index contributed by atoms with van der Waals surface area (Å²) in [6, 6.07) is 13.1. The van der Waals surface area contributed by atoms with Crippen molar-refractivity contribution in [2.75, 3.05) is 0 Å². The summed E-state index contributed by atoms with van der Waals surface area (Å²) in [5, 5.41) is 11.5. The summed E-state index contributed by atoms with van der Waals surface area (Å²) < 4.78 is 5.89. The van der Waals surface area contributed by atoms with Gasteiger partial charge < -0.3 is 4.18 Å². The van der Waals surface area contributed by atoms with Crippen molar-refractivity contribution in [3.63, 3.8) is 0 Å². The van der Waals surface area contributed by atoms with E-state index in [0.717, 1.165) is 35.3 Å². The molecule has 0 atom stereocenters. The van der Waals surface area contributed by atoms with Crippen LogP contribution in [-0.2, 0) is 6.42 Å². The fraction of sp³-hybridized carbons (Fsp3) is 0.478. The molecular weight excluding hydrogens is 370 g/mol. The van der Waals surface area contributed by atoms with E-state index in [0.29, 0.717) is 5.75 Å². The average Bonchev–Trinajstić information content (AvgIpc) is 2.69. The predicted molar refractivity (Wildman–Crippen MR) is 117 cm³/mol. The Balaban J connectivity index is 1.95. The van der Waals surface area contributed by atoms with E-state index in [1.807, 2.05) is 37.3 Å². The normalized spacial score (nSPS) is 10.8. The number of nitrogens with zero attached hydrogens (tertiary/aromatic N) is 1. The lowest BCUT2D eigenvalue weighted by Gasteiger charge is -2.11. The third-order valence-electron chi connectivity index (χ3n) is 4.88. The standard InChI is InChI=1S/C23H31NO3S/c1-3-4-5-6-7-8-9-10-15-20-16-13-17-21(24(25)26)23(20)27-28-22-18-12-11-14-19(22)2/h11-14,16-18H,3-10,15H2,1-2H3. The highest BCUT2D eigenvalue weighted by Gasteiger charge is 2.20. The van der Waals surface area contributed by atoms with Crippen LogP contribution in [0.3, 0.4) is 0 Å². The van der Waals surface area contributed by atoms with Gasteiger partial charge in [-0.3, -0.25) is 10.1 Å². The smallest absolute Gasteiger partial charge is 0.312 e. The average molecular weight is 402 g/mol. The molecule has 0 radical (unpaired) electrons. The van der Waals surface area contributed by atoms with Gasteiger partial charge in [-0.2, -0.15) is 0 Å². The van der Waals surface area contributed by atoms with Crippen LogP contribution in [0.1, 0.15) is 69.4 Å². The van der Waals surface area contributed by atoms with Crippen molar-refractivity contribution >= 4 is 17.7 Å². The Kier molecular flexibility index (Phi) is 9.91. The van der Waals surface area contributed by atoms with Crippen LogP contribution < -0.4 is 4.18 Å². The molecule has 2 aromatic carbocycles. The molecule has 2 rings (SSSR count). The Hall–Kier alpha value is -2.01. The molecule has 0 fully saturated rings. The van der Waals surface area contributed by atoms with E-state index in [2.05, 4.69) is 6.92 Å². The van der Waals surface area contributed by atoms with Crippen molar-refractivity contribution in [1.82, 2.24) is 0 Å². The minimum atomic E-state index is -0.356. The third-order valence-corrected chi connectivity index (χ3v) is 5.77. The van der Waals surface area contributed by atoms with E-state index in [4.69, 9.17) is 4.18 Å². The lowest BCUT2D eigenvalue weighted by molar-refractivity contribution is -0.385. The summed E-state index contributed by atoms with van der Waals surface area (Å²) in [4.78, 5) is 12.1. The third kappa shape index (κ3) is 7.19. The molecule has 5 heteroatoms. The molecule has 0 unspecified atom stereocenters. The van der Waals surface area contributed by atoms with Gasteiger partial charge in [-0.05, 0) is 31.4 Å². The number of aryl methyl sites for hydroxylation is 2. The van der Waals surface area contributed by atoms with Crippen LogP contribution in [-0.4, -0.2) is 4.92 Å². The highest BCUT2D eigenvalue weighted by Crippen LogP contribution is 2.36. The molecule has 0 bridgehead atoms. The number of para-hydroxylation sites is 1. The zero-order valence-electron chi connectivity index (χ0n) is 17.0. The minimum Gasteiger partial charge on any atom is -0.413 e. The predicted octanol–water partition coefficient (Wildman–Crippen LogP) is 7.67. The first kappa shape index (κ1) is 22.3. The first-order valence-electron chi connectivity index (χ1n) is 10.3. The van der Waals surface area contributed by atoms with Gasteiger partial charge in [0.15, 0.2) is 0 Å². The van der Waals surface area contributed by atoms with Crippen LogP contribution in [0.25, 0.3) is 0 Å². The maximum atomic E-state index is 11.5. The summed E-state index contributed by atoms with van der Waals surface area (Å²) in [7, 11) is 0. The van der Waals surface area contributed by atoms with E-state index in [1.165, 1.54) is 56.6 Å². The van der Waals surface area contributed by atoms with E-state index in [-0.39, 0.29) is 10.6 Å². The summed E-state index contributed by atoms with van der Waals surface area (Å²) in [6.45, 7) is 4.24. The molecule has 0 aromatic heterocycles. The number of rotatable bonds is 13. The van der Waals surface area contributed by atoms with Crippen molar-refractivity contribution in [3.05, 3.63) is 63.7 Å². The number of hydrogen-bond acceptors (Lipinski definition) is 4. The van der Waals surface area contributed by atoms with Crippen LogP contribution in [0.2, 0.25) is 0 Å². The number of nitro benzene ring substituents is 1. The molecule has 0 spiro atoms. The van der Waals surface area contributed by atoms with Gasteiger partial charge in [0.2, 0.25) is 5.75 Å². The molecule has 0 saturated heterocycles.